The molecule has 1 unspecified atom stereocenters. The lowest BCUT2D eigenvalue weighted by Gasteiger charge is -2.19. The Labute approximate surface area is 155 Å². The monoisotopic (exact) mass is 351 g/mol. The van der Waals surface area contributed by atoms with E-state index in [1.54, 1.807) is 0 Å². The Bertz CT molecular complexity index is 825. The quantitative estimate of drug-likeness (QED) is 0.872. The summed E-state index contributed by atoms with van der Waals surface area (Å²) in [5, 5.41) is 10.7. The van der Waals surface area contributed by atoms with Crippen LogP contribution in [0.2, 0.25) is 0 Å². The second-order valence-corrected chi connectivity index (χ2v) is 8.53. The molecule has 2 aromatic rings. The Morgan fingerprint density at radius 1 is 1.08 bits per heavy atom. The first-order chi connectivity index (χ1) is 12.8. The van der Waals surface area contributed by atoms with Gasteiger partial charge < -0.3 is 5.11 Å². The number of nitrogens with zero attached hydrogens (tertiary/aromatic N) is 3. The van der Waals surface area contributed by atoms with Gasteiger partial charge >= 0.3 is 0 Å². The van der Waals surface area contributed by atoms with Gasteiger partial charge in [-0.15, -0.1) is 0 Å². The molecule has 138 valence electrons. The second-order valence-electron chi connectivity index (χ2n) is 8.53. The Morgan fingerprint density at radius 2 is 1.85 bits per heavy atom. The average Bonchev–Trinajstić information content (AvgIpc) is 3.41. The number of imidazole rings is 1. The van der Waals surface area contributed by atoms with E-state index in [1.807, 2.05) is 6.20 Å². The first-order valence-corrected chi connectivity index (χ1v) is 10.5. The fourth-order valence-electron chi connectivity index (χ4n) is 5.33. The lowest BCUT2D eigenvalue weighted by Crippen LogP contribution is -2.18. The molecule has 2 fully saturated rings. The number of aliphatic hydroxyl groups is 1. The normalized spacial score (nSPS) is 22.7. The van der Waals surface area contributed by atoms with E-state index in [0.717, 1.165) is 24.2 Å². The van der Waals surface area contributed by atoms with Crippen LogP contribution in [0.3, 0.4) is 0 Å². The number of hydrogen-bond acceptors (Lipinski definition) is 3. The van der Waals surface area contributed by atoms with Crippen molar-refractivity contribution in [2.45, 2.75) is 82.7 Å². The molecule has 5 rings (SSSR count). The van der Waals surface area contributed by atoms with E-state index in [4.69, 9.17) is 4.98 Å². The van der Waals surface area contributed by atoms with Crippen LogP contribution < -0.4 is 0 Å². The average molecular weight is 351 g/mol. The van der Waals surface area contributed by atoms with Crippen LogP contribution >= 0.6 is 0 Å². The minimum absolute atomic E-state index is 0.216. The lowest BCUT2D eigenvalue weighted by molar-refractivity contribution is 0.116. The Balaban J connectivity index is 1.45. The summed E-state index contributed by atoms with van der Waals surface area (Å²) in [5.74, 6) is 1.09. The van der Waals surface area contributed by atoms with E-state index in [9.17, 15) is 5.11 Å². The van der Waals surface area contributed by atoms with Crippen molar-refractivity contribution < 1.29 is 5.11 Å². The maximum Gasteiger partial charge on any atom is 0.156 e. The van der Waals surface area contributed by atoms with Crippen molar-refractivity contribution >= 4 is 11.2 Å². The largest absolute Gasteiger partial charge is 0.392 e. The van der Waals surface area contributed by atoms with Crippen LogP contribution in [0.5, 0.6) is 0 Å². The summed E-state index contributed by atoms with van der Waals surface area (Å²) in [6.45, 7) is 0. The summed E-state index contributed by atoms with van der Waals surface area (Å²) in [5.41, 5.74) is 5.81. The van der Waals surface area contributed by atoms with Gasteiger partial charge in [-0.2, -0.15) is 0 Å². The summed E-state index contributed by atoms with van der Waals surface area (Å²) < 4.78 is 2.26. The van der Waals surface area contributed by atoms with Crippen molar-refractivity contribution in [1.29, 1.82) is 0 Å². The molecule has 0 amide bonds. The third kappa shape index (κ3) is 2.88. The standard InChI is InChI=1S/C22H29N3O/c26-20(16-8-4-5-9-16)12-17-10-11-18-22(17)25-14-19(24-21(25)13-23-18)15-6-2-1-3-7-15/h10,13-16,20,26H,1-9,11-12H2. The van der Waals surface area contributed by atoms with Crippen LogP contribution in [-0.2, 0) is 6.42 Å². The van der Waals surface area contributed by atoms with Crippen molar-refractivity contribution in [2.24, 2.45) is 5.92 Å². The molecule has 3 aliphatic carbocycles. The fourth-order valence-corrected chi connectivity index (χ4v) is 5.33. The molecule has 2 heterocycles. The molecular formula is C22H29N3O. The molecule has 4 heteroatoms. The van der Waals surface area contributed by atoms with E-state index in [1.165, 1.54) is 74.7 Å². The molecule has 0 radical (unpaired) electrons. The first-order valence-electron chi connectivity index (χ1n) is 10.5. The zero-order valence-electron chi connectivity index (χ0n) is 15.5. The van der Waals surface area contributed by atoms with Crippen LogP contribution in [0.1, 0.15) is 87.2 Å². The Morgan fingerprint density at radius 3 is 2.65 bits per heavy atom. The van der Waals surface area contributed by atoms with E-state index < -0.39 is 0 Å². The van der Waals surface area contributed by atoms with Crippen LogP contribution in [0.15, 0.2) is 18.5 Å². The van der Waals surface area contributed by atoms with Gasteiger partial charge in [0, 0.05) is 25.0 Å². The zero-order valence-corrected chi connectivity index (χ0v) is 15.5. The maximum absolute atomic E-state index is 10.7. The molecule has 0 aromatic carbocycles. The number of allylic oxidation sites excluding steroid dienone is 1. The number of aliphatic hydroxyl groups excluding tert-OH is 1. The topological polar surface area (TPSA) is 50.4 Å². The summed E-state index contributed by atoms with van der Waals surface area (Å²) in [6, 6.07) is 0. The van der Waals surface area contributed by atoms with Gasteiger partial charge in [-0.05, 0) is 37.2 Å². The highest BCUT2D eigenvalue weighted by atomic mass is 16.3. The third-order valence-corrected chi connectivity index (χ3v) is 6.84. The van der Waals surface area contributed by atoms with Crippen LogP contribution in [0.4, 0.5) is 0 Å². The second kappa shape index (κ2) is 6.80. The Hall–Kier alpha value is -1.68. The number of rotatable bonds is 4. The summed E-state index contributed by atoms with van der Waals surface area (Å²) in [7, 11) is 0. The molecule has 0 aliphatic heterocycles. The van der Waals surface area contributed by atoms with Crippen LogP contribution in [0, 0.1) is 5.92 Å². The first kappa shape index (κ1) is 16.5. The van der Waals surface area contributed by atoms with Crippen molar-refractivity contribution in [3.8, 4) is 0 Å². The summed E-state index contributed by atoms with van der Waals surface area (Å²) >= 11 is 0. The minimum atomic E-state index is -0.216. The minimum Gasteiger partial charge on any atom is -0.392 e. The number of fused-ring (bicyclic) bond motifs is 3. The molecular weight excluding hydrogens is 322 g/mol. The van der Waals surface area contributed by atoms with Gasteiger partial charge in [-0.3, -0.25) is 9.38 Å². The van der Waals surface area contributed by atoms with Gasteiger partial charge in [-0.25, -0.2) is 4.98 Å². The third-order valence-electron chi connectivity index (χ3n) is 6.84. The lowest BCUT2D eigenvalue weighted by atomic mass is 9.87. The van der Waals surface area contributed by atoms with Crippen LogP contribution in [0.25, 0.3) is 11.2 Å². The molecule has 1 N–H and O–H groups in total. The molecule has 3 aliphatic rings. The van der Waals surface area contributed by atoms with Gasteiger partial charge in [0.05, 0.1) is 29.4 Å². The van der Waals surface area contributed by atoms with Crippen molar-refractivity contribution in [3.05, 3.63) is 35.6 Å². The number of aromatic nitrogens is 3. The van der Waals surface area contributed by atoms with Gasteiger partial charge in [0.1, 0.15) is 0 Å². The highest BCUT2D eigenvalue weighted by molar-refractivity contribution is 5.71. The highest BCUT2D eigenvalue weighted by Gasteiger charge is 2.28. The van der Waals surface area contributed by atoms with E-state index in [2.05, 4.69) is 21.7 Å². The van der Waals surface area contributed by atoms with Crippen LogP contribution in [-0.4, -0.2) is 25.6 Å². The molecule has 4 nitrogen and oxygen atoms in total. The smallest absolute Gasteiger partial charge is 0.156 e. The van der Waals surface area contributed by atoms with E-state index in [-0.39, 0.29) is 6.10 Å². The molecule has 1 atom stereocenters. The molecule has 26 heavy (non-hydrogen) atoms. The molecule has 0 bridgehead atoms. The maximum atomic E-state index is 10.7. The van der Waals surface area contributed by atoms with Gasteiger partial charge in [0.15, 0.2) is 5.65 Å². The Kier molecular flexibility index (Phi) is 4.32. The molecule has 2 aromatic heterocycles. The van der Waals surface area contributed by atoms with Crippen molar-refractivity contribution in [1.82, 2.24) is 14.4 Å². The summed E-state index contributed by atoms with van der Waals surface area (Å²) in [4.78, 5) is 9.60. The zero-order chi connectivity index (χ0) is 17.5. The van der Waals surface area contributed by atoms with E-state index >= 15 is 0 Å². The highest BCUT2D eigenvalue weighted by Crippen LogP contribution is 2.37. The van der Waals surface area contributed by atoms with Gasteiger partial charge in [-0.1, -0.05) is 38.2 Å². The predicted octanol–water partition coefficient (Wildman–Crippen LogP) is 4.66. The fraction of sp³-hybridized carbons (Fsp3) is 0.636. The van der Waals surface area contributed by atoms with E-state index in [0.29, 0.717) is 11.8 Å². The van der Waals surface area contributed by atoms with Crippen molar-refractivity contribution in [3.63, 3.8) is 0 Å². The van der Waals surface area contributed by atoms with Crippen molar-refractivity contribution in [2.75, 3.05) is 0 Å². The SMILES string of the molecule is OC(CC1=CCc2ncc3nc(C4CCCCC4)cn3c21)C1CCCC1. The predicted molar refractivity (Wildman–Crippen MR) is 103 cm³/mol. The molecule has 2 saturated carbocycles. The number of hydrogen-bond donors (Lipinski definition) is 1. The molecule has 0 spiro atoms. The van der Waals surface area contributed by atoms with Gasteiger partial charge in [0.2, 0.25) is 0 Å². The molecule has 0 saturated heterocycles. The summed E-state index contributed by atoms with van der Waals surface area (Å²) in [6.07, 6.45) is 19.3. The van der Waals surface area contributed by atoms with Gasteiger partial charge in [0.25, 0.3) is 0 Å².